The topological polar surface area (TPSA) is 89.9 Å². The zero-order valence-electron chi connectivity index (χ0n) is 16.3. The first kappa shape index (κ1) is 18.2. The Balaban J connectivity index is 1.66. The molecule has 3 aliphatic rings. The molecule has 3 aliphatic heterocycles. The minimum atomic E-state index is -1.21. The van der Waals surface area contributed by atoms with E-state index in [0.29, 0.717) is 39.7 Å². The molecular weight excluding hydrogens is 378 g/mol. The van der Waals surface area contributed by atoms with Crippen molar-refractivity contribution in [3.8, 4) is 28.7 Å². The normalized spacial score (nSPS) is 24.6. The standard InChI is InChI=1S/C21H21NO7/c1-22-7-6-10-8-13-20(28-9-27-13)17(23)14(10)16(22)18-11-4-5-12(25-2)19(26-3)15(11)21(24)29-18/h8,16,18,21,23-24H,6-7,9H2,1-3H3. The molecule has 5 rings (SSSR count). The van der Waals surface area contributed by atoms with E-state index in [0.717, 1.165) is 18.5 Å². The Morgan fingerprint density at radius 2 is 2.00 bits per heavy atom. The van der Waals surface area contributed by atoms with Gasteiger partial charge in [-0.2, -0.15) is 0 Å². The Kier molecular flexibility index (Phi) is 4.13. The van der Waals surface area contributed by atoms with Gasteiger partial charge in [-0.05, 0) is 31.2 Å². The number of likely N-dealkylation sites (N-methyl/N-ethyl adjacent to an activating group) is 1. The fourth-order valence-electron chi connectivity index (χ4n) is 4.48. The lowest BCUT2D eigenvalue weighted by molar-refractivity contribution is -0.142. The van der Waals surface area contributed by atoms with Gasteiger partial charge < -0.3 is 33.9 Å². The first-order chi connectivity index (χ1) is 14.0. The molecule has 0 amide bonds. The van der Waals surface area contributed by atoms with E-state index >= 15 is 0 Å². The molecule has 0 aromatic heterocycles. The molecule has 0 bridgehead atoms. The predicted octanol–water partition coefficient (Wildman–Crippen LogP) is 2.03. The van der Waals surface area contributed by atoms with Crippen LogP contribution in [0.1, 0.15) is 40.7 Å². The molecule has 0 spiro atoms. The highest BCUT2D eigenvalue weighted by Crippen LogP contribution is 2.56. The Morgan fingerprint density at radius 1 is 1.17 bits per heavy atom. The molecule has 2 aromatic carbocycles. The van der Waals surface area contributed by atoms with Crippen LogP contribution in [-0.2, 0) is 11.2 Å². The monoisotopic (exact) mass is 399 g/mol. The largest absolute Gasteiger partial charge is 0.504 e. The van der Waals surface area contributed by atoms with Crippen LogP contribution >= 0.6 is 0 Å². The smallest absolute Gasteiger partial charge is 0.231 e. The van der Waals surface area contributed by atoms with Crippen LogP contribution in [-0.4, -0.2) is 49.7 Å². The van der Waals surface area contributed by atoms with Crippen LogP contribution in [0.25, 0.3) is 0 Å². The summed E-state index contributed by atoms with van der Waals surface area (Å²) in [5, 5.41) is 21.6. The third-order valence-corrected chi connectivity index (χ3v) is 5.82. The van der Waals surface area contributed by atoms with Crippen LogP contribution in [0.3, 0.4) is 0 Å². The van der Waals surface area contributed by atoms with Crippen molar-refractivity contribution >= 4 is 0 Å². The number of nitrogens with zero attached hydrogens (tertiary/aromatic N) is 1. The van der Waals surface area contributed by atoms with E-state index in [4.69, 9.17) is 23.7 Å². The van der Waals surface area contributed by atoms with Crippen molar-refractivity contribution in [3.05, 3.63) is 40.5 Å². The van der Waals surface area contributed by atoms with E-state index in [1.807, 2.05) is 13.1 Å². The zero-order valence-corrected chi connectivity index (χ0v) is 16.3. The molecule has 3 heterocycles. The van der Waals surface area contributed by atoms with Crippen LogP contribution in [0.15, 0.2) is 6.07 Å². The lowest BCUT2D eigenvalue weighted by Gasteiger charge is -2.38. The summed E-state index contributed by atoms with van der Waals surface area (Å²) in [5.74, 6) is 1.64. The SMILES string of the molecule is COc1c#cc2c(c1OC)C(O)OC2C1c2c(cc3c(c2O)OCO3)CCN1C. The minimum absolute atomic E-state index is 0.0440. The summed E-state index contributed by atoms with van der Waals surface area (Å²) in [5.41, 5.74) is 2.76. The summed E-state index contributed by atoms with van der Waals surface area (Å²) in [4.78, 5) is 2.08. The maximum absolute atomic E-state index is 11.0. The van der Waals surface area contributed by atoms with E-state index < -0.39 is 12.4 Å². The minimum Gasteiger partial charge on any atom is -0.504 e. The highest BCUT2D eigenvalue weighted by molar-refractivity contribution is 5.62. The highest BCUT2D eigenvalue weighted by Gasteiger charge is 2.45. The first-order valence-corrected chi connectivity index (χ1v) is 9.32. The number of ether oxygens (including phenoxy) is 5. The molecule has 0 aliphatic carbocycles. The fraction of sp³-hybridized carbons (Fsp3) is 0.429. The number of aromatic hydroxyl groups is 1. The van der Waals surface area contributed by atoms with E-state index in [1.165, 1.54) is 14.2 Å². The van der Waals surface area contributed by atoms with Gasteiger partial charge in [0.2, 0.25) is 18.3 Å². The van der Waals surface area contributed by atoms with Crippen LogP contribution < -0.4 is 18.9 Å². The summed E-state index contributed by atoms with van der Waals surface area (Å²) >= 11 is 0. The lowest BCUT2D eigenvalue weighted by atomic mass is 9.86. The third kappa shape index (κ3) is 2.52. The van der Waals surface area contributed by atoms with Gasteiger partial charge in [0, 0.05) is 17.7 Å². The van der Waals surface area contributed by atoms with Crippen molar-refractivity contribution in [2.75, 3.05) is 34.6 Å². The van der Waals surface area contributed by atoms with Crippen molar-refractivity contribution < 1.29 is 33.9 Å². The number of aliphatic hydroxyl groups excluding tert-OH is 1. The summed E-state index contributed by atoms with van der Waals surface area (Å²) in [6.45, 7) is 0.826. The molecule has 3 atom stereocenters. The van der Waals surface area contributed by atoms with Gasteiger partial charge >= 0.3 is 0 Å². The van der Waals surface area contributed by atoms with Gasteiger partial charge in [-0.15, -0.1) is 0 Å². The number of aliphatic hydroxyl groups is 1. The van der Waals surface area contributed by atoms with Crippen molar-refractivity contribution in [3.63, 3.8) is 0 Å². The first-order valence-electron chi connectivity index (χ1n) is 9.32. The second-order valence-corrected chi connectivity index (χ2v) is 7.26. The number of hydrogen-bond acceptors (Lipinski definition) is 8. The maximum atomic E-state index is 11.0. The number of benzene rings is 1. The van der Waals surface area contributed by atoms with Gasteiger partial charge in [0.15, 0.2) is 23.5 Å². The van der Waals surface area contributed by atoms with E-state index in [-0.39, 0.29) is 18.6 Å². The summed E-state index contributed by atoms with van der Waals surface area (Å²) in [6, 6.07) is 7.54. The third-order valence-electron chi connectivity index (χ3n) is 5.82. The number of hydrogen-bond donors (Lipinski definition) is 2. The number of methoxy groups -OCH3 is 2. The average Bonchev–Trinajstić information content (AvgIpc) is 3.32. The average molecular weight is 399 g/mol. The van der Waals surface area contributed by atoms with Gasteiger partial charge in [0.25, 0.3) is 0 Å². The molecule has 8 heteroatoms. The molecule has 2 N–H and O–H groups in total. The van der Waals surface area contributed by atoms with Gasteiger partial charge in [-0.3, -0.25) is 4.90 Å². The number of rotatable bonds is 3. The highest BCUT2D eigenvalue weighted by atomic mass is 16.7. The molecule has 8 nitrogen and oxygen atoms in total. The van der Waals surface area contributed by atoms with E-state index in [9.17, 15) is 10.2 Å². The Labute approximate surface area is 168 Å². The molecular formula is C21H21NO7. The molecule has 0 saturated heterocycles. The Bertz CT molecular complexity index is 976. The van der Waals surface area contributed by atoms with Gasteiger partial charge in [-0.25, -0.2) is 0 Å². The van der Waals surface area contributed by atoms with Gasteiger partial charge in [0.05, 0.1) is 25.8 Å². The Hall–Kier alpha value is -2.86. The summed E-state index contributed by atoms with van der Waals surface area (Å²) in [7, 11) is 4.95. The number of fused-ring (bicyclic) bond motifs is 3. The maximum Gasteiger partial charge on any atom is 0.231 e. The fourth-order valence-corrected chi connectivity index (χ4v) is 4.48. The second kappa shape index (κ2) is 6.59. The van der Waals surface area contributed by atoms with Gasteiger partial charge in [-0.1, -0.05) is 6.07 Å². The van der Waals surface area contributed by atoms with Gasteiger partial charge in [0.1, 0.15) is 6.10 Å². The number of phenolic OH excluding ortho intramolecular Hbond substituents is 1. The molecule has 2 aromatic rings. The second-order valence-electron chi connectivity index (χ2n) is 7.26. The van der Waals surface area contributed by atoms with E-state index in [2.05, 4.69) is 17.0 Å². The molecule has 0 radical (unpaired) electrons. The van der Waals surface area contributed by atoms with E-state index in [1.54, 1.807) is 0 Å². The molecule has 29 heavy (non-hydrogen) atoms. The Morgan fingerprint density at radius 3 is 2.76 bits per heavy atom. The molecule has 3 unspecified atom stereocenters. The molecule has 0 fully saturated rings. The van der Waals surface area contributed by atoms with Crippen LogP contribution in [0.5, 0.6) is 28.7 Å². The van der Waals surface area contributed by atoms with Crippen molar-refractivity contribution in [1.82, 2.24) is 4.90 Å². The van der Waals surface area contributed by atoms with Crippen molar-refractivity contribution in [2.45, 2.75) is 24.9 Å². The zero-order chi connectivity index (χ0) is 20.3. The summed E-state index contributed by atoms with van der Waals surface area (Å²) < 4.78 is 27.6. The lowest BCUT2D eigenvalue weighted by Crippen LogP contribution is -2.36. The van der Waals surface area contributed by atoms with Crippen LogP contribution in [0.4, 0.5) is 0 Å². The van der Waals surface area contributed by atoms with Crippen LogP contribution in [0.2, 0.25) is 0 Å². The van der Waals surface area contributed by atoms with Crippen molar-refractivity contribution in [2.24, 2.45) is 0 Å². The van der Waals surface area contributed by atoms with Crippen LogP contribution in [0, 0.1) is 12.1 Å². The number of phenols is 1. The van der Waals surface area contributed by atoms with Crippen molar-refractivity contribution in [1.29, 1.82) is 0 Å². The molecule has 152 valence electrons. The predicted molar refractivity (Wildman–Crippen MR) is 99.3 cm³/mol. The molecule has 0 saturated carbocycles. The quantitative estimate of drug-likeness (QED) is 0.811. The summed E-state index contributed by atoms with van der Waals surface area (Å²) in [6.07, 6.45) is -1.05.